The van der Waals surface area contributed by atoms with Crippen LogP contribution in [0.2, 0.25) is 0 Å². The first-order valence-electron chi connectivity index (χ1n) is 7.36. The van der Waals surface area contributed by atoms with Crippen LogP contribution in [0.5, 0.6) is 0 Å². The maximum atomic E-state index is 12.2. The minimum Gasteiger partial charge on any atom is -0.352 e. The Balaban J connectivity index is 1.60. The van der Waals surface area contributed by atoms with Crippen LogP contribution in [0.15, 0.2) is 24.3 Å². The van der Waals surface area contributed by atoms with Crippen molar-refractivity contribution in [3.8, 4) is 11.8 Å². The fraction of sp³-hybridized carbons (Fsp3) is 0.471. The van der Waals surface area contributed by atoms with E-state index in [1.165, 1.54) is 19.3 Å². The maximum absolute atomic E-state index is 12.2. The SMILES string of the molecule is NCC#Cc1ccccc1CNC(=O)C1C2CCCC21. The molecule has 104 valence electrons. The maximum Gasteiger partial charge on any atom is 0.223 e. The van der Waals surface area contributed by atoms with Crippen LogP contribution < -0.4 is 11.1 Å². The fourth-order valence-corrected chi connectivity index (χ4v) is 3.45. The number of hydrogen-bond donors (Lipinski definition) is 2. The quantitative estimate of drug-likeness (QED) is 0.819. The van der Waals surface area contributed by atoms with Crippen molar-refractivity contribution in [1.82, 2.24) is 5.32 Å². The standard InChI is InChI=1S/C17H20N2O/c18-10-4-7-12-5-1-2-6-13(12)11-19-17(20)16-14-8-3-9-15(14)16/h1-2,5-6,14-16H,3,8-11,18H2,(H,19,20). The molecule has 1 amide bonds. The van der Waals surface area contributed by atoms with Gasteiger partial charge < -0.3 is 11.1 Å². The van der Waals surface area contributed by atoms with E-state index in [2.05, 4.69) is 17.2 Å². The van der Waals surface area contributed by atoms with Gasteiger partial charge >= 0.3 is 0 Å². The van der Waals surface area contributed by atoms with Gasteiger partial charge in [-0.25, -0.2) is 0 Å². The third-order valence-electron chi connectivity index (χ3n) is 4.50. The van der Waals surface area contributed by atoms with Crippen LogP contribution in [-0.4, -0.2) is 12.5 Å². The summed E-state index contributed by atoms with van der Waals surface area (Å²) in [6.07, 6.45) is 3.78. The van der Waals surface area contributed by atoms with E-state index in [0.717, 1.165) is 11.1 Å². The summed E-state index contributed by atoms with van der Waals surface area (Å²) >= 11 is 0. The first-order valence-corrected chi connectivity index (χ1v) is 7.36. The number of nitrogens with one attached hydrogen (secondary N) is 1. The number of fused-ring (bicyclic) bond motifs is 1. The Bertz CT molecular complexity index is 560. The zero-order valence-electron chi connectivity index (χ0n) is 11.6. The van der Waals surface area contributed by atoms with Crippen LogP contribution in [0, 0.1) is 29.6 Å². The normalized spacial score (nSPS) is 26.4. The molecule has 2 fully saturated rings. The zero-order valence-corrected chi connectivity index (χ0v) is 11.6. The van der Waals surface area contributed by atoms with Crippen LogP contribution in [0.1, 0.15) is 30.4 Å². The largest absolute Gasteiger partial charge is 0.352 e. The van der Waals surface area contributed by atoms with Crippen molar-refractivity contribution in [1.29, 1.82) is 0 Å². The van der Waals surface area contributed by atoms with Crippen molar-refractivity contribution < 1.29 is 4.79 Å². The van der Waals surface area contributed by atoms with Gasteiger partial charge in [-0.15, -0.1) is 0 Å². The number of benzene rings is 1. The highest BCUT2D eigenvalue weighted by Crippen LogP contribution is 2.57. The van der Waals surface area contributed by atoms with E-state index in [0.29, 0.717) is 24.9 Å². The molecule has 2 unspecified atom stereocenters. The Morgan fingerprint density at radius 3 is 2.80 bits per heavy atom. The van der Waals surface area contributed by atoms with Gasteiger partial charge in [0.1, 0.15) is 0 Å². The molecule has 1 aromatic rings. The van der Waals surface area contributed by atoms with E-state index in [4.69, 9.17) is 5.73 Å². The molecule has 3 nitrogen and oxygen atoms in total. The fourth-order valence-electron chi connectivity index (χ4n) is 3.45. The van der Waals surface area contributed by atoms with Gasteiger partial charge in [0.25, 0.3) is 0 Å². The van der Waals surface area contributed by atoms with E-state index in [1.54, 1.807) is 0 Å². The first kappa shape index (κ1) is 13.2. The van der Waals surface area contributed by atoms with Gasteiger partial charge in [-0.1, -0.05) is 36.5 Å². The van der Waals surface area contributed by atoms with Gasteiger partial charge in [0.05, 0.1) is 6.54 Å². The van der Waals surface area contributed by atoms with Crippen LogP contribution in [-0.2, 0) is 11.3 Å². The van der Waals surface area contributed by atoms with Crippen LogP contribution in [0.3, 0.4) is 0 Å². The summed E-state index contributed by atoms with van der Waals surface area (Å²) in [6.45, 7) is 0.913. The Labute approximate surface area is 119 Å². The molecule has 2 aliphatic carbocycles. The molecule has 2 aliphatic rings. The van der Waals surface area contributed by atoms with Gasteiger partial charge in [0, 0.05) is 18.0 Å². The molecular weight excluding hydrogens is 248 g/mol. The van der Waals surface area contributed by atoms with Crippen molar-refractivity contribution in [3.63, 3.8) is 0 Å². The van der Waals surface area contributed by atoms with Crippen molar-refractivity contribution in [2.45, 2.75) is 25.8 Å². The predicted molar refractivity (Wildman–Crippen MR) is 78.5 cm³/mol. The minimum atomic E-state index is 0.223. The van der Waals surface area contributed by atoms with Gasteiger partial charge in [-0.2, -0.15) is 0 Å². The third kappa shape index (κ3) is 2.57. The average Bonchev–Trinajstić information content (AvgIpc) is 2.96. The molecule has 0 aliphatic heterocycles. The molecule has 3 heteroatoms. The summed E-state index contributed by atoms with van der Waals surface area (Å²) in [7, 11) is 0. The molecule has 0 radical (unpaired) electrons. The molecule has 2 saturated carbocycles. The number of rotatable bonds is 3. The summed E-state index contributed by atoms with van der Waals surface area (Å²) in [4.78, 5) is 12.2. The molecule has 0 aromatic heterocycles. The molecule has 2 atom stereocenters. The van der Waals surface area contributed by atoms with Crippen LogP contribution >= 0.6 is 0 Å². The Hall–Kier alpha value is -1.79. The lowest BCUT2D eigenvalue weighted by molar-refractivity contribution is -0.123. The number of carbonyl (C=O) groups excluding carboxylic acids is 1. The number of hydrogen-bond acceptors (Lipinski definition) is 2. The smallest absolute Gasteiger partial charge is 0.223 e. The van der Waals surface area contributed by atoms with Gasteiger partial charge in [-0.05, 0) is 36.3 Å². The van der Waals surface area contributed by atoms with Crippen molar-refractivity contribution in [2.75, 3.05) is 6.54 Å². The predicted octanol–water partition coefficient (Wildman–Crippen LogP) is 1.66. The lowest BCUT2D eigenvalue weighted by Crippen LogP contribution is -2.26. The lowest BCUT2D eigenvalue weighted by atomic mass is 10.1. The first-order chi connectivity index (χ1) is 9.81. The molecule has 3 N–H and O–H groups in total. The molecule has 1 aromatic carbocycles. The summed E-state index contributed by atoms with van der Waals surface area (Å²) in [6, 6.07) is 7.91. The van der Waals surface area contributed by atoms with Gasteiger partial charge in [-0.3, -0.25) is 4.79 Å². The molecule has 0 spiro atoms. The van der Waals surface area contributed by atoms with Gasteiger partial charge in [0.2, 0.25) is 5.91 Å². The molecule has 0 saturated heterocycles. The molecule has 0 bridgehead atoms. The second-order valence-electron chi connectivity index (χ2n) is 5.67. The second kappa shape index (κ2) is 5.68. The van der Waals surface area contributed by atoms with Crippen molar-refractivity contribution in [3.05, 3.63) is 35.4 Å². The monoisotopic (exact) mass is 268 g/mol. The highest BCUT2D eigenvalue weighted by Gasteiger charge is 2.56. The highest BCUT2D eigenvalue weighted by molar-refractivity contribution is 5.82. The number of nitrogens with two attached hydrogens (primary N) is 1. The van der Waals surface area contributed by atoms with Crippen molar-refractivity contribution in [2.24, 2.45) is 23.5 Å². The summed E-state index contributed by atoms with van der Waals surface area (Å²) in [5.74, 6) is 7.76. The van der Waals surface area contributed by atoms with E-state index in [9.17, 15) is 4.79 Å². The number of amides is 1. The lowest BCUT2D eigenvalue weighted by Gasteiger charge is -2.08. The minimum absolute atomic E-state index is 0.223. The van der Waals surface area contributed by atoms with Crippen LogP contribution in [0.25, 0.3) is 0 Å². The van der Waals surface area contributed by atoms with Crippen LogP contribution in [0.4, 0.5) is 0 Å². The summed E-state index contributed by atoms with van der Waals surface area (Å²) in [5, 5.41) is 3.07. The summed E-state index contributed by atoms with van der Waals surface area (Å²) < 4.78 is 0. The highest BCUT2D eigenvalue weighted by atomic mass is 16.2. The number of carbonyl (C=O) groups is 1. The Kier molecular flexibility index (Phi) is 3.75. The summed E-state index contributed by atoms with van der Waals surface area (Å²) in [5.41, 5.74) is 7.42. The average molecular weight is 268 g/mol. The van der Waals surface area contributed by atoms with E-state index in [-0.39, 0.29) is 11.8 Å². The Morgan fingerprint density at radius 2 is 2.05 bits per heavy atom. The Morgan fingerprint density at radius 1 is 1.30 bits per heavy atom. The molecule has 3 rings (SSSR count). The van der Waals surface area contributed by atoms with Crippen molar-refractivity contribution >= 4 is 5.91 Å². The van der Waals surface area contributed by atoms with E-state index < -0.39 is 0 Å². The topological polar surface area (TPSA) is 55.1 Å². The third-order valence-corrected chi connectivity index (χ3v) is 4.50. The molecule has 20 heavy (non-hydrogen) atoms. The molecular formula is C17H20N2O. The second-order valence-corrected chi connectivity index (χ2v) is 5.67. The van der Waals surface area contributed by atoms with E-state index in [1.807, 2.05) is 24.3 Å². The van der Waals surface area contributed by atoms with Gasteiger partial charge in [0.15, 0.2) is 0 Å². The zero-order chi connectivity index (χ0) is 13.9. The molecule has 0 heterocycles. The van der Waals surface area contributed by atoms with E-state index >= 15 is 0 Å².